The molecule has 1 saturated heterocycles. The van der Waals surface area contributed by atoms with E-state index in [0.717, 1.165) is 18.4 Å². The average molecular weight is 310 g/mol. The maximum Gasteiger partial charge on any atom is 0.337 e. The van der Waals surface area contributed by atoms with Crippen LogP contribution in [0.25, 0.3) is 0 Å². The number of ether oxygens (including phenoxy) is 1. The first-order chi connectivity index (χ1) is 11.2. The lowest BCUT2D eigenvalue weighted by Crippen LogP contribution is -2.30. The van der Waals surface area contributed by atoms with Gasteiger partial charge >= 0.3 is 5.97 Å². The quantitative estimate of drug-likeness (QED) is 0.818. The molecule has 2 heterocycles. The molecule has 0 radical (unpaired) electrons. The number of carbonyl (C=O) groups excluding carboxylic acids is 2. The number of hydrogen-bond acceptors (Lipinski definition) is 4. The van der Waals surface area contributed by atoms with E-state index >= 15 is 0 Å². The second-order valence-electron chi connectivity index (χ2n) is 5.51. The zero-order valence-electron chi connectivity index (χ0n) is 12.9. The molecule has 1 amide bonds. The van der Waals surface area contributed by atoms with Crippen molar-refractivity contribution in [2.75, 3.05) is 13.7 Å². The van der Waals surface area contributed by atoms with Gasteiger partial charge in [0.15, 0.2) is 0 Å². The summed E-state index contributed by atoms with van der Waals surface area (Å²) in [6, 6.07) is 10.6. The maximum absolute atomic E-state index is 12.9. The Labute approximate surface area is 134 Å². The summed E-state index contributed by atoms with van der Waals surface area (Å²) in [6.07, 6.45) is 5.39. The third-order valence-electron chi connectivity index (χ3n) is 4.14. The minimum Gasteiger partial charge on any atom is -0.465 e. The highest BCUT2D eigenvalue weighted by Crippen LogP contribution is 2.32. The number of rotatable bonds is 3. The molecule has 1 aliphatic heterocycles. The number of benzene rings is 1. The molecule has 118 valence electrons. The van der Waals surface area contributed by atoms with Gasteiger partial charge in [0.2, 0.25) is 0 Å². The van der Waals surface area contributed by atoms with Crippen molar-refractivity contribution in [2.24, 2.45) is 0 Å². The standard InChI is InChI=1S/C18H18N2O3/c1-23-18(22)15-5-2-4-14(12-15)17(21)20-11-3-6-16(20)13-7-9-19-10-8-13/h2,4-5,7-10,12,16H,3,6,11H2,1H3. The normalized spacial score (nSPS) is 17.1. The van der Waals surface area contributed by atoms with Gasteiger partial charge < -0.3 is 9.64 Å². The van der Waals surface area contributed by atoms with Gasteiger partial charge in [0.05, 0.1) is 18.7 Å². The van der Waals surface area contributed by atoms with Crippen LogP contribution in [0.4, 0.5) is 0 Å². The van der Waals surface area contributed by atoms with Crippen LogP contribution in [-0.2, 0) is 4.74 Å². The highest BCUT2D eigenvalue weighted by Gasteiger charge is 2.30. The van der Waals surface area contributed by atoms with Crippen LogP contribution in [0.2, 0.25) is 0 Å². The van der Waals surface area contributed by atoms with E-state index in [4.69, 9.17) is 4.74 Å². The molecule has 0 N–H and O–H groups in total. The van der Waals surface area contributed by atoms with Gasteiger partial charge in [-0.2, -0.15) is 0 Å². The number of pyridine rings is 1. The molecule has 3 rings (SSSR count). The highest BCUT2D eigenvalue weighted by molar-refractivity contribution is 5.98. The number of hydrogen-bond donors (Lipinski definition) is 0. The van der Waals surface area contributed by atoms with Crippen molar-refractivity contribution >= 4 is 11.9 Å². The van der Waals surface area contributed by atoms with Crippen LogP contribution in [-0.4, -0.2) is 35.4 Å². The molecular weight excluding hydrogens is 292 g/mol. The van der Waals surface area contributed by atoms with Gasteiger partial charge in [-0.15, -0.1) is 0 Å². The van der Waals surface area contributed by atoms with E-state index in [-0.39, 0.29) is 11.9 Å². The van der Waals surface area contributed by atoms with Crippen LogP contribution in [0.15, 0.2) is 48.8 Å². The van der Waals surface area contributed by atoms with E-state index in [2.05, 4.69) is 4.98 Å². The molecule has 1 aromatic heterocycles. The number of nitrogens with zero attached hydrogens (tertiary/aromatic N) is 2. The molecule has 0 aliphatic carbocycles. The van der Waals surface area contributed by atoms with Crippen LogP contribution in [0.3, 0.4) is 0 Å². The second kappa shape index (κ2) is 6.60. The fraction of sp³-hybridized carbons (Fsp3) is 0.278. The van der Waals surface area contributed by atoms with Crippen LogP contribution >= 0.6 is 0 Å². The fourth-order valence-electron chi connectivity index (χ4n) is 3.00. The molecule has 1 atom stereocenters. The molecule has 5 nitrogen and oxygen atoms in total. The summed E-state index contributed by atoms with van der Waals surface area (Å²) in [5.41, 5.74) is 1.99. The maximum atomic E-state index is 12.9. The summed E-state index contributed by atoms with van der Waals surface area (Å²) >= 11 is 0. The van der Waals surface area contributed by atoms with E-state index in [1.54, 1.807) is 36.7 Å². The zero-order valence-corrected chi connectivity index (χ0v) is 12.9. The summed E-state index contributed by atoms with van der Waals surface area (Å²) in [4.78, 5) is 30.4. The molecule has 0 bridgehead atoms. The Morgan fingerprint density at radius 3 is 2.65 bits per heavy atom. The largest absolute Gasteiger partial charge is 0.465 e. The van der Waals surface area contributed by atoms with Gasteiger partial charge in [-0.25, -0.2) is 4.79 Å². The number of aromatic nitrogens is 1. The van der Waals surface area contributed by atoms with Gasteiger partial charge in [0.25, 0.3) is 5.91 Å². The molecule has 0 saturated carbocycles. The van der Waals surface area contributed by atoms with Gasteiger partial charge in [-0.1, -0.05) is 6.07 Å². The Balaban J connectivity index is 1.86. The van der Waals surface area contributed by atoms with E-state index < -0.39 is 5.97 Å². The predicted octanol–water partition coefficient (Wildman–Crippen LogP) is 2.85. The Bertz CT molecular complexity index is 715. The summed E-state index contributed by atoms with van der Waals surface area (Å²) in [7, 11) is 1.33. The summed E-state index contributed by atoms with van der Waals surface area (Å²) in [5, 5.41) is 0. The molecule has 2 aromatic rings. The van der Waals surface area contributed by atoms with Gasteiger partial charge in [-0.3, -0.25) is 9.78 Å². The Morgan fingerprint density at radius 2 is 1.91 bits per heavy atom. The number of methoxy groups -OCH3 is 1. The second-order valence-corrected chi connectivity index (χ2v) is 5.51. The Morgan fingerprint density at radius 1 is 1.17 bits per heavy atom. The van der Waals surface area contributed by atoms with Crippen LogP contribution < -0.4 is 0 Å². The van der Waals surface area contributed by atoms with Crippen molar-refractivity contribution in [2.45, 2.75) is 18.9 Å². The topological polar surface area (TPSA) is 59.5 Å². The molecular formula is C18H18N2O3. The average Bonchev–Trinajstić information content (AvgIpc) is 3.11. The van der Waals surface area contributed by atoms with Gasteiger partial charge in [0, 0.05) is 24.5 Å². The van der Waals surface area contributed by atoms with E-state index in [1.807, 2.05) is 17.0 Å². The number of amides is 1. The monoisotopic (exact) mass is 310 g/mol. The van der Waals surface area contributed by atoms with E-state index in [1.165, 1.54) is 7.11 Å². The third-order valence-corrected chi connectivity index (χ3v) is 4.14. The number of esters is 1. The van der Waals surface area contributed by atoms with Crippen LogP contribution in [0, 0.1) is 0 Å². The minimum absolute atomic E-state index is 0.0601. The van der Waals surface area contributed by atoms with E-state index in [0.29, 0.717) is 17.7 Å². The lowest BCUT2D eigenvalue weighted by atomic mass is 10.0. The smallest absolute Gasteiger partial charge is 0.337 e. The molecule has 5 heteroatoms. The van der Waals surface area contributed by atoms with Crippen molar-refractivity contribution in [3.05, 3.63) is 65.5 Å². The van der Waals surface area contributed by atoms with Crippen molar-refractivity contribution in [3.63, 3.8) is 0 Å². The number of carbonyl (C=O) groups is 2. The van der Waals surface area contributed by atoms with Gasteiger partial charge in [0.1, 0.15) is 0 Å². The van der Waals surface area contributed by atoms with Crippen LogP contribution in [0.5, 0.6) is 0 Å². The third kappa shape index (κ3) is 3.08. The summed E-state index contributed by atoms with van der Waals surface area (Å²) < 4.78 is 4.72. The molecule has 23 heavy (non-hydrogen) atoms. The highest BCUT2D eigenvalue weighted by atomic mass is 16.5. The first-order valence-electron chi connectivity index (χ1n) is 7.60. The van der Waals surface area contributed by atoms with Crippen LogP contribution in [0.1, 0.15) is 45.2 Å². The van der Waals surface area contributed by atoms with Crippen molar-refractivity contribution in [1.82, 2.24) is 9.88 Å². The first-order valence-corrected chi connectivity index (χ1v) is 7.60. The van der Waals surface area contributed by atoms with E-state index in [9.17, 15) is 9.59 Å². The summed E-state index contributed by atoms with van der Waals surface area (Å²) in [5.74, 6) is -0.498. The predicted molar refractivity (Wildman–Crippen MR) is 85.0 cm³/mol. The molecule has 1 aromatic carbocycles. The minimum atomic E-state index is -0.438. The zero-order chi connectivity index (χ0) is 16.2. The Hall–Kier alpha value is -2.69. The molecule has 1 fully saturated rings. The lowest BCUT2D eigenvalue weighted by molar-refractivity contribution is 0.0600. The number of likely N-dealkylation sites (tertiary alicyclic amines) is 1. The Kier molecular flexibility index (Phi) is 4.37. The molecule has 1 aliphatic rings. The SMILES string of the molecule is COC(=O)c1cccc(C(=O)N2CCCC2c2ccncc2)c1. The van der Waals surface area contributed by atoms with Crippen molar-refractivity contribution in [3.8, 4) is 0 Å². The van der Waals surface area contributed by atoms with Gasteiger partial charge in [-0.05, 0) is 48.7 Å². The first kappa shape index (κ1) is 15.2. The molecule has 1 unspecified atom stereocenters. The lowest BCUT2D eigenvalue weighted by Gasteiger charge is -2.25. The van der Waals surface area contributed by atoms with Crippen molar-refractivity contribution in [1.29, 1.82) is 0 Å². The molecule has 0 spiro atoms. The van der Waals surface area contributed by atoms with Crippen molar-refractivity contribution < 1.29 is 14.3 Å². The summed E-state index contributed by atoms with van der Waals surface area (Å²) in [6.45, 7) is 0.717. The fourth-order valence-corrected chi connectivity index (χ4v) is 3.00.